The van der Waals surface area contributed by atoms with Crippen LogP contribution in [0.5, 0.6) is 0 Å². The Balaban J connectivity index is 1.45. The summed E-state index contributed by atoms with van der Waals surface area (Å²) in [5.74, 6) is -0.0522. The predicted molar refractivity (Wildman–Crippen MR) is 104 cm³/mol. The predicted octanol–water partition coefficient (Wildman–Crippen LogP) is 2.66. The fourth-order valence-electron chi connectivity index (χ4n) is 3.03. The first-order valence-electron chi connectivity index (χ1n) is 8.55. The molecule has 0 saturated carbocycles. The topological polar surface area (TPSA) is 84.3 Å². The number of hydrogen-bond donors (Lipinski definition) is 1. The maximum Gasteiger partial charge on any atom is 0.255 e. The number of rotatable bonds is 4. The molecular formula is C19H18N4O3S. The molecule has 0 bridgehead atoms. The lowest BCUT2D eigenvalue weighted by atomic mass is 10.2. The Bertz CT molecular complexity index is 1040. The van der Waals surface area contributed by atoms with Gasteiger partial charge in [0.1, 0.15) is 0 Å². The summed E-state index contributed by atoms with van der Waals surface area (Å²) in [5.41, 5.74) is 2.62. The van der Waals surface area contributed by atoms with Gasteiger partial charge < -0.3 is 5.32 Å². The minimum Gasteiger partial charge on any atom is -0.322 e. The summed E-state index contributed by atoms with van der Waals surface area (Å²) in [6.45, 7) is 0.497. The molecule has 1 amide bonds. The number of sulfonamides is 1. The minimum absolute atomic E-state index is 0.181. The van der Waals surface area contributed by atoms with Crippen LogP contribution in [0.4, 0.5) is 11.4 Å². The molecule has 7 nitrogen and oxygen atoms in total. The number of carbonyl (C=O) groups excluding carboxylic acids is 1. The number of nitrogens with zero attached hydrogens (tertiary/aromatic N) is 3. The van der Waals surface area contributed by atoms with Crippen LogP contribution in [0.15, 0.2) is 67.0 Å². The van der Waals surface area contributed by atoms with E-state index in [4.69, 9.17) is 0 Å². The summed E-state index contributed by atoms with van der Waals surface area (Å²) < 4.78 is 27.1. The Labute approximate surface area is 157 Å². The summed E-state index contributed by atoms with van der Waals surface area (Å²) in [7, 11) is -3.20. The zero-order valence-corrected chi connectivity index (χ0v) is 15.3. The van der Waals surface area contributed by atoms with Crippen molar-refractivity contribution in [1.29, 1.82) is 0 Å². The molecule has 0 unspecified atom stereocenters. The molecule has 3 aromatic rings. The van der Waals surface area contributed by atoms with Crippen LogP contribution in [0.3, 0.4) is 0 Å². The van der Waals surface area contributed by atoms with Gasteiger partial charge in [0.25, 0.3) is 5.91 Å². The third kappa shape index (κ3) is 3.56. The Morgan fingerprint density at radius 2 is 1.70 bits per heavy atom. The normalized spacial score (nSPS) is 15.6. The van der Waals surface area contributed by atoms with Crippen molar-refractivity contribution in [3.8, 4) is 5.69 Å². The molecule has 0 spiro atoms. The molecule has 1 saturated heterocycles. The second-order valence-corrected chi connectivity index (χ2v) is 8.25. The van der Waals surface area contributed by atoms with Crippen LogP contribution in [0.2, 0.25) is 0 Å². The first kappa shape index (κ1) is 17.3. The molecule has 0 radical (unpaired) electrons. The van der Waals surface area contributed by atoms with E-state index in [9.17, 15) is 13.2 Å². The maximum atomic E-state index is 12.4. The molecular weight excluding hydrogens is 364 g/mol. The third-order valence-electron chi connectivity index (χ3n) is 4.41. The number of carbonyl (C=O) groups is 1. The van der Waals surface area contributed by atoms with Gasteiger partial charge in [0.2, 0.25) is 10.0 Å². The van der Waals surface area contributed by atoms with Gasteiger partial charge in [0.05, 0.1) is 17.1 Å². The monoisotopic (exact) mass is 382 g/mol. The van der Waals surface area contributed by atoms with Crippen LogP contribution < -0.4 is 9.62 Å². The lowest BCUT2D eigenvalue weighted by Crippen LogP contribution is -2.24. The standard InChI is InChI=1S/C19H18N4O3S/c24-19(15-3-7-17(8-4-15)22-12-1-11-20-22)21-16-5-9-18(10-6-16)23-13-2-14-27(23,25)26/h1,3-12H,2,13-14H2,(H,21,24). The highest BCUT2D eigenvalue weighted by Gasteiger charge is 2.28. The Morgan fingerprint density at radius 3 is 2.30 bits per heavy atom. The molecule has 4 rings (SSSR count). The van der Waals surface area contributed by atoms with Crippen molar-refractivity contribution in [2.45, 2.75) is 6.42 Å². The molecule has 1 fully saturated rings. The van der Waals surface area contributed by atoms with Crippen molar-refractivity contribution in [3.63, 3.8) is 0 Å². The van der Waals surface area contributed by atoms with E-state index in [2.05, 4.69) is 10.4 Å². The summed E-state index contributed by atoms with van der Waals surface area (Å²) in [4.78, 5) is 12.4. The largest absolute Gasteiger partial charge is 0.322 e. The molecule has 1 aliphatic heterocycles. The molecule has 0 aliphatic carbocycles. The van der Waals surface area contributed by atoms with Crippen molar-refractivity contribution in [2.24, 2.45) is 0 Å². The average Bonchev–Trinajstić information content (AvgIpc) is 3.32. The van der Waals surface area contributed by atoms with Crippen molar-refractivity contribution in [2.75, 3.05) is 21.9 Å². The molecule has 1 aromatic heterocycles. The van der Waals surface area contributed by atoms with Gasteiger partial charge in [-0.3, -0.25) is 9.10 Å². The van der Waals surface area contributed by atoms with E-state index in [0.29, 0.717) is 29.9 Å². The van der Waals surface area contributed by atoms with E-state index >= 15 is 0 Å². The lowest BCUT2D eigenvalue weighted by molar-refractivity contribution is 0.102. The van der Waals surface area contributed by atoms with E-state index in [1.54, 1.807) is 47.3 Å². The second kappa shape index (κ2) is 6.88. The first-order valence-corrected chi connectivity index (χ1v) is 10.2. The van der Waals surface area contributed by atoms with Crippen LogP contribution in [0, 0.1) is 0 Å². The van der Waals surface area contributed by atoms with E-state index < -0.39 is 10.0 Å². The van der Waals surface area contributed by atoms with Crippen molar-refractivity contribution < 1.29 is 13.2 Å². The van der Waals surface area contributed by atoms with Gasteiger partial charge in [-0.1, -0.05) is 0 Å². The molecule has 27 heavy (non-hydrogen) atoms. The number of amides is 1. The average molecular weight is 382 g/mol. The number of benzene rings is 2. The molecule has 1 aliphatic rings. The SMILES string of the molecule is O=C(Nc1ccc(N2CCCS2(=O)=O)cc1)c1ccc(-n2cccn2)cc1. The summed E-state index contributed by atoms with van der Waals surface area (Å²) >= 11 is 0. The second-order valence-electron chi connectivity index (χ2n) is 6.24. The van der Waals surface area contributed by atoms with Crippen molar-refractivity contribution in [1.82, 2.24) is 9.78 Å². The fourth-order valence-corrected chi connectivity index (χ4v) is 4.60. The minimum atomic E-state index is -3.20. The third-order valence-corrected chi connectivity index (χ3v) is 6.28. The summed E-state index contributed by atoms with van der Waals surface area (Å²) in [6.07, 6.45) is 4.16. The van der Waals surface area contributed by atoms with E-state index in [1.165, 1.54) is 4.31 Å². The van der Waals surface area contributed by atoms with Gasteiger partial charge in [0, 0.05) is 30.2 Å². The zero-order valence-electron chi connectivity index (χ0n) is 14.4. The van der Waals surface area contributed by atoms with Gasteiger partial charge >= 0.3 is 0 Å². The molecule has 138 valence electrons. The van der Waals surface area contributed by atoms with E-state index in [0.717, 1.165) is 5.69 Å². The van der Waals surface area contributed by atoms with Gasteiger partial charge in [-0.15, -0.1) is 0 Å². The molecule has 1 N–H and O–H groups in total. The Morgan fingerprint density at radius 1 is 1.00 bits per heavy atom. The fraction of sp³-hybridized carbons (Fsp3) is 0.158. The van der Waals surface area contributed by atoms with Crippen molar-refractivity contribution in [3.05, 3.63) is 72.6 Å². The number of anilines is 2. The number of aromatic nitrogens is 2. The maximum absolute atomic E-state index is 12.4. The van der Waals surface area contributed by atoms with E-state index in [1.807, 2.05) is 24.4 Å². The number of nitrogens with one attached hydrogen (secondary N) is 1. The molecule has 2 heterocycles. The quantitative estimate of drug-likeness (QED) is 0.752. The van der Waals surface area contributed by atoms with E-state index in [-0.39, 0.29) is 11.7 Å². The smallest absolute Gasteiger partial charge is 0.255 e. The Hall–Kier alpha value is -3.13. The van der Waals surface area contributed by atoms with Crippen molar-refractivity contribution >= 4 is 27.3 Å². The van der Waals surface area contributed by atoms with Gasteiger partial charge in [-0.25, -0.2) is 13.1 Å². The lowest BCUT2D eigenvalue weighted by Gasteiger charge is -2.17. The van der Waals surface area contributed by atoms with Crippen LogP contribution in [-0.2, 0) is 10.0 Å². The van der Waals surface area contributed by atoms with Crippen LogP contribution in [-0.4, -0.2) is 36.4 Å². The Kier molecular flexibility index (Phi) is 4.41. The molecule has 0 atom stereocenters. The zero-order chi connectivity index (χ0) is 18.9. The first-order chi connectivity index (χ1) is 13.0. The van der Waals surface area contributed by atoms with Gasteiger partial charge in [-0.05, 0) is 61.0 Å². The highest BCUT2D eigenvalue weighted by molar-refractivity contribution is 7.93. The summed E-state index contributed by atoms with van der Waals surface area (Å²) in [5, 5.41) is 6.97. The van der Waals surface area contributed by atoms with Gasteiger partial charge in [-0.2, -0.15) is 5.10 Å². The van der Waals surface area contributed by atoms with Crippen LogP contribution >= 0.6 is 0 Å². The molecule has 8 heteroatoms. The summed E-state index contributed by atoms with van der Waals surface area (Å²) in [6, 6.07) is 15.8. The van der Waals surface area contributed by atoms with Crippen LogP contribution in [0.25, 0.3) is 5.69 Å². The van der Waals surface area contributed by atoms with Gasteiger partial charge in [0.15, 0.2) is 0 Å². The number of hydrogen-bond acceptors (Lipinski definition) is 4. The van der Waals surface area contributed by atoms with Crippen LogP contribution in [0.1, 0.15) is 16.8 Å². The highest BCUT2D eigenvalue weighted by Crippen LogP contribution is 2.25. The highest BCUT2D eigenvalue weighted by atomic mass is 32.2. The molecule has 2 aromatic carbocycles.